The summed E-state index contributed by atoms with van der Waals surface area (Å²) in [6.45, 7) is 6.27. The molecular formula is C9H17N. The van der Waals surface area contributed by atoms with Crippen molar-refractivity contribution >= 4 is 6.21 Å². The van der Waals surface area contributed by atoms with Gasteiger partial charge in [0.1, 0.15) is 0 Å². The maximum absolute atomic E-state index is 4.24. The fraction of sp³-hybridized carbons (Fsp3) is 0.667. The Kier molecular flexibility index (Phi) is 6.14. The normalized spacial score (nSPS) is 12.9. The minimum absolute atomic E-state index is 1.09. The van der Waals surface area contributed by atoms with Crippen LogP contribution in [0, 0.1) is 0 Å². The number of nitrogens with zero attached hydrogens (tertiary/aromatic N) is 1. The fourth-order valence-electron chi connectivity index (χ4n) is 0.877. The summed E-state index contributed by atoms with van der Waals surface area (Å²) in [7, 11) is 0. The van der Waals surface area contributed by atoms with Crippen LogP contribution in [0.25, 0.3) is 0 Å². The predicted molar refractivity (Wildman–Crippen MR) is 47.4 cm³/mol. The summed E-state index contributed by atoms with van der Waals surface area (Å²) >= 11 is 0. The van der Waals surface area contributed by atoms with Gasteiger partial charge in [-0.25, -0.2) is 0 Å². The molecule has 0 aromatic rings. The molecule has 0 aliphatic carbocycles. The number of allylic oxidation sites excluding steroid dienone is 2. The summed E-state index contributed by atoms with van der Waals surface area (Å²) in [6, 6.07) is 0. The minimum atomic E-state index is 1.09. The van der Waals surface area contributed by atoms with Crippen LogP contribution in [-0.2, 0) is 0 Å². The topological polar surface area (TPSA) is 12.4 Å². The largest absolute Gasteiger partial charge is 0.266 e. The Morgan fingerprint density at radius 1 is 1.40 bits per heavy atom. The lowest BCUT2D eigenvalue weighted by atomic mass is 10.2. The molecule has 0 saturated carbocycles. The smallest absolute Gasteiger partial charge is 0.0359 e. The first-order chi connectivity index (χ1) is 4.85. The van der Waals surface area contributed by atoms with Gasteiger partial charge in [0.25, 0.3) is 0 Å². The van der Waals surface area contributed by atoms with Crippen LogP contribution in [0.4, 0.5) is 0 Å². The third-order valence-electron chi connectivity index (χ3n) is 1.24. The number of hydrogen-bond donors (Lipinski definition) is 0. The van der Waals surface area contributed by atoms with Crippen molar-refractivity contribution in [1.82, 2.24) is 0 Å². The van der Waals surface area contributed by atoms with Gasteiger partial charge in [-0.1, -0.05) is 26.3 Å². The average Bonchev–Trinajstić information content (AvgIpc) is 1.90. The maximum Gasteiger partial charge on any atom is 0.0359 e. The number of aliphatic imine (C=N–C) groups is 1. The van der Waals surface area contributed by atoms with Gasteiger partial charge in [-0.2, -0.15) is 0 Å². The van der Waals surface area contributed by atoms with E-state index in [2.05, 4.69) is 24.9 Å². The van der Waals surface area contributed by atoms with Crippen LogP contribution in [0.2, 0.25) is 0 Å². The van der Waals surface area contributed by atoms with E-state index in [9.17, 15) is 0 Å². The minimum Gasteiger partial charge on any atom is -0.266 e. The highest BCUT2D eigenvalue weighted by molar-refractivity contribution is 5.55. The average molecular weight is 139 g/mol. The van der Waals surface area contributed by atoms with E-state index in [1.54, 1.807) is 0 Å². The second-order valence-corrected chi connectivity index (χ2v) is 2.24. The molecule has 0 aromatic heterocycles. The van der Waals surface area contributed by atoms with Crippen LogP contribution >= 0.6 is 0 Å². The highest BCUT2D eigenvalue weighted by Gasteiger charge is 1.88. The van der Waals surface area contributed by atoms with Crippen molar-refractivity contribution in [3.05, 3.63) is 11.8 Å². The predicted octanol–water partition coefficient (Wildman–Crippen LogP) is 3.17. The lowest BCUT2D eigenvalue weighted by molar-refractivity contribution is 0.885. The van der Waals surface area contributed by atoms with Gasteiger partial charge in [-0.3, -0.25) is 4.99 Å². The van der Waals surface area contributed by atoms with Crippen LogP contribution in [0.1, 0.15) is 40.0 Å². The number of rotatable bonds is 4. The summed E-state index contributed by atoms with van der Waals surface area (Å²) in [6.07, 6.45) is 7.43. The Hall–Kier alpha value is -0.590. The zero-order valence-corrected chi connectivity index (χ0v) is 7.22. The van der Waals surface area contributed by atoms with Gasteiger partial charge in [-0.15, -0.1) is 0 Å². The SMILES string of the molecule is CC=NC(=CCC)CCC. The van der Waals surface area contributed by atoms with E-state index in [0.717, 1.165) is 12.8 Å². The maximum atomic E-state index is 4.24. The Labute approximate surface area is 63.9 Å². The zero-order chi connectivity index (χ0) is 7.82. The summed E-state index contributed by atoms with van der Waals surface area (Å²) in [5.41, 5.74) is 1.23. The second-order valence-electron chi connectivity index (χ2n) is 2.24. The van der Waals surface area contributed by atoms with Gasteiger partial charge in [0, 0.05) is 11.9 Å². The molecule has 58 valence electrons. The molecule has 0 aromatic carbocycles. The molecule has 0 fully saturated rings. The molecule has 0 aliphatic rings. The molecule has 0 aliphatic heterocycles. The summed E-state index contributed by atoms with van der Waals surface area (Å²) in [5.74, 6) is 0. The highest BCUT2D eigenvalue weighted by Crippen LogP contribution is 2.06. The molecule has 1 heteroatoms. The first kappa shape index (κ1) is 9.41. The Morgan fingerprint density at radius 3 is 2.50 bits per heavy atom. The fourth-order valence-corrected chi connectivity index (χ4v) is 0.877. The molecule has 0 spiro atoms. The molecule has 0 saturated heterocycles. The van der Waals surface area contributed by atoms with E-state index in [1.165, 1.54) is 12.1 Å². The van der Waals surface area contributed by atoms with E-state index >= 15 is 0 Å². The van der Waals surface area contributed by atoms with Crippen molar-refractivity contribution in [2.75, 3.05) is 0 Å². The van der Waals surface area contributed by atoms with Gasteiger partial charge < -0.3 is 0 Å². The van der Waals surface area contributed by atoms with Gasteiger partial charge in [-0.05, 0) is 19.8 Å². The van der Waals surface area contributed by atoms with Gasteiger partial charge in [0.2, 0.25) is 0 Å². The van der Waals surface area contributed by atoms with Gasteiger partial charge in [0.05, 0.1) is 0 Å². The van der Waals surface area contributed by atoms with E-state index in [4.69, 9.17) is 0 Å². The van der Waals surface area contributed by atoms with Gasteiger partial charge in [0.15, 0.2) is 0 Å². The molecule has 10 heavy (non-hydrogen) atoms. The summed E-state index contributed by atoms with van der Waals surface area (Å²) < 4.78 is 0. The molecule has 0 N–H and O–H groups in total. The zero-order valence-electron chi connectivity index (χ0n) is 7.22. The van der Waals surface area contributed by atoms with Crippen LogP contribution in [0.3, 0.4) is 0 Å². The van der Waals surface area contributed by atoms with Crippen LogP contribution in [0.15, 0.2) is 16.8 Å². The lowest BCUT2D eigenvalue weighted by Crippen LogP contribution is -1.77. The van der Waals surface area contributed by atoms with E-state index in [1.807, 2.05) is 13.1 Å². The highest BCUT2D eigenvalue weighted by atomic mass is 14.7. The lowest BCUT2D eigenvalue weighted by Gasteiger charge is -1.95. The Bertz CT molecular complexity index is 123. The van der Waals surface area contributed by atoms with E-state index in [0.29, 0.717) is 0 Å². The van der Waals surface area contributed by atoms with Crippen molar-refractivity contribution in [2.24, 2.45) is 4.99 Å². The molecule has 0 heterocycles. The molecule has 0 rings (SSSR count). The molecule has 0 amide bonds. The van der Waals surface area contributed by atoms with Crippen LogP contribution in [-0.4, -0.2) is 6.21 Å². The molecule has 0 atom stereocenters. The molecule has 0 bridgehead atoms. The number of hydrogen-bond acceptors (Lipinski definition) is 1. The van der Waals surface area contributed by atoms with E-state index in [-0.39, 0.29) is 0 Å². The summed E-state index contributed by atoms with van der Waals surface area (Å²) in [4.78, 5) is 4.24. The van der Waals surface area contributed by atoms with Crippen LogP contribution in [0.5, 0.6) is 0 Å². The van der Waals surface area contributed by atoms with Crippen molar-refractivity contribution in [3.8, 4) is 0 Å². The Balaban J connectivity index is 3.84. The van der Waals surface area contributed by atoms with Crippen molar-refractivity contribution in [1.29, 1.82) is 0 Å². The van der Waals surface area contributed by atoms with Gasteiger partial charge >= 0.3 is 0 Å². The van der Waals surface area contributed by atoms with Crippen molar-refractivity contribution in [2.45, 2.75) is 40.0 Å². The van der Waals surface area contributed by atoms with E-state index < -0.39 is 0 Å². The third-order valence-corrected chi connectivity index (χ3v) is 1.24. The third kappa shape index (κ3) is 4.30. The van der Waals surface area contributed by atoms with Crippen molar-refractivity contribution in [3.63, 3.8) is 0 Å². The Morgan fingerprint density at radius 2 is 2.10 bits per heavy atom. The molecule has 1 nitrogen and oxygen atoms in total. The standard InChI is InChI=1S/C9H17N/c1-4-7-9(8-5-2)10-6-3/h6-7H,4-5,8H2,1-3H3. The van der Waals surface area contributed by atoms with Crippen molar-refractivity contribution < 1.29 is 0 Å². The first-order valence-electron chi connectivity index (χ1n) is 4.02. The molecule has 0 radical (unpaired) electrons. The first-order valence-corrected chi connectivity index (χ1v) is 4.02. The monoisotopic (exact) mass is 139 g/mol. The summed E-state index contributed by atoms with van der Waals surface area (Å²) in [5, 5.41) is 0. The second kappa shape index (κ2) is 6.53. The quantitative estimate of drug-likeness (QED) is 0.530. The van der Waals surface area contributed by atoms with Crippen LogP contribution < -0.4 is 0 Å². The molecular weight excluding hydrogens is 122 g/mol. The molecule has 0 unspecified atom stereocenters.